The standard InChI is InChI=1S/C29H30FN5O/c1-21-12-13-24-26(32-21)9-5-11-27(24)34-18-16-33(17-19-34)15-14-22-6-4-7-23(20-22)35(29(31)36)28-10-3-2-8-25(28)30/h2-13,20H,14-19H2,1H3,(H2,31,36). The number of carbonyl (C=O) groups is 1. The average molecular weight is 484 g/mol. The minimum absolute atomic E-state index is 0.150. The molecule has 1 aromatic heterocycles. The van der Waals surface area contributed by atoms with E-state index >= 15 is 0 Å². The number of nitrogens with two attached hydrogens (primary N) is 1. The molecule has 36 heavy (non-hydrogen) atoms. The largest absolute Gasteiger partial charge is 0.368 e. The van der Waals surface area contributed by atoms with Crippen LogP contribution in [0.25, 0.3) is 10.9 Å². The van der Waals surface area contributed by atoms with Gasteiger partial charge in [-0.3, -0.25) is 14.8 Å². The number of primary amides is 1. The van der Waals surface area contributed by atoms with E-state index in [2.05, 4.69) is 45.1 Å². The van der Waals surface area contributed by atoms with E-state index in [0.717, 1.165) is 55.9 Å². The second-order valence-electron chi connectivity index (χ2n) is 9.17. The number of hydrogen-bond donors (Lipinski definition) is 1. The molecule has 0 aliphatic carbocycles. The Labute approximate surface area is 210 Å². The van der Waals surface area contributed by atoms with Gasteiger partial charge in [-0.05, 0) is 67.4 Å². The second kappa shape index (κ2) is 10.3. The zero-order valence-corrected chi connectivity index (χ0v) is 20.4. The number of pyridine rings is 1. The van der Waals surface area contributed by atoms with E-state index in [9.17, 15) is 9.18 Å². The van der Waals surface area contributed by atoms with E-state index in [4.69, 9.17) is 5.73 Å². The molecule has 1 saturated heterocycles. The van der Waals surface area contributed by atoms with E-state index in [-0.39, 0.29) is 5.69 Å². The van der Waals surface area contributed by atoms with Crippen LogP contribution in [-0.4, -0.2) is 48.6 Å². The molecular weight excluding hydrogens is 453 g/mol. The van der Waals surface area contributed by atoms with Gasteiger partial charge in [0.05, 0.1) is 16.9 Å². The number of para-hydroxylation sites is 1. The Morgan fingerprint density at radius 2 is 1.75 bits per heavy atom. The monoisotopic (exact) mass is 483 g/mol. The van der Waals surface area contributed by atoms with E-state index in [1.165, 1.54) is 22.0 Å². The van der Waals surface area contributed by atoms with Crippen molar-refractivity contribution in [2.75, 3.05) is 42.5 Å². The fraction of sp³-hybridized carbons (Fsp3) is 0.241. The first-order valence-corrected chi connectivity index (χ1v) is 12.3. The Morgan fingerprint density at radius 1 is 0.972 bits per heavy atom. The predicted octanol–water partition coefficient (Wildman–Crippen LogP) is 5.26. The van der Waals surface area contributed by atoms with E-state index < -0.39 is 11.8 Å². The summed E-state index contributed by atoms with van der Waals surface area (Å²) in [7, 11) is 0. The molecule has 0 atom stereocenters. The normalized spacial score (nSPS) is 14.2. The molecule has 5 rings (SSSR count). The summed E-state index contributed by atoms with van der Waals surface area (Å²) in [6.45, 7) is 6.78. The number of urea groups is 1. The average Bonchev–Trinajstić information content (AvgIpc) is 2.89. The second-order valence-corrected chi connectivity index (χ2v) is 9.17. The predicted molar refractivity (Wildman–Crippen MR) is 143 cm³/mol. The van der Waals surface area contributed by atoms with Gasteiger partial charge in [-0.1, -0.05) is 30.3 Å². The van der Waals surface area contributed by atoms with Crippen LogP contribution in [0.2, 0.25) is 0 Å². The summed E-state index contributed by atoms with van der Waals surface area (Å²) in [6, 6.07) is 23.6. The molecular formula is C29H30FN5O. The van der Waals surface area contributed by atoms with Gasteiger partial charge < -0.3 is 10.6 Å². The highest BCUT2D eigenvalue weighted by atomic mass is 19.1. The van der Waals surface area contributed by atoms with Crippen LogP contribution in [0, 0.1) is 12.7 Å². The van der Waals surface area contributed by atoms with Crippen LogP contribution in [0.5, 0.6) is 0 Å². The number of anilines is 3. The SMILES string of the molecule is Cc1ccc2c(N3CCN(CCc4cccc(N(C(N)=O)c5ccccc5F)c4)CC3)cccc2n1. The van der Waals surface area contributed by atoms with Crippen molar-refractivity contribution < 1.29 is 9.18 Å². The van der Waals surface area contributed by atoms with Crippen LogP contribution < -0.4 is 15.5 Å². The molecule has 4 aromatic rings. The summed E-state index contributed by atoms with van der Waals surface area (Å²) >= 11 is 0. The van der Waals surface area contributed by atoms with Crippen LogP contribution in [0.3, 0.4) is 0 Å². The fourth-order valence-electron chi connectivity index (χ4n) is 4.89. The Balaban J connectivity index is 1.23. The van der Waals surface area contributed by atoms with Crippen molar-refractivity contribution >= 4 is 34.0 Å². The lowest BCUT2D eigenvalue weighted by molar-refractivity contribution is 0.256. The molecule has 1 aliphatic rings. The number of hydrogen-bond acceptors (Lipinski definition) is 4. The smallest absolute Gasteiger partial charge is 0.323 e. The molecule has 7 heteroatoms. The zero-order chi connectivity index (χ0) is 25.1. The van der Waals surface area contributed by atoms with Crippen molar-refractivity contribution in [3.8, 4) is 0 Å². The maximum absolute atomic E-state index is 14.4. The first-order chi connectivity index (χ1) is 17.5. The fourth-order valence-corrected chi connectivity index (χ4v) is 4.89. The topological polar surface area (TPSA) is 65.7 Å². The van der Waals surface area contributed by atoms with Crippen molar-refractivity contribution in [2.24, 2.45) is 5.73 Å². The Hall–Kier alpha value is -3.97. The molecule has 0 spiro atoms. The Morgan fingerprint density at radius 3 is 2.53 bits per heavy atom. The third kappa shape index (κ3) is 5.02. The summed E-state index contributed by atoms with van der Waals surface area (Å²) in [5.74, 6) is -0.489. The number of aryl methyl sites for hydroxylation is 1. The summed E-state index contributed by atoms with van der Waals surface area (Å²) < 4.78 is 14.4. The van der Waals surface area contributed by atoms with Gasteiger partial charge in [0.25, 0.3) is 0 Å². The lowest BCUT2D eigenvalue weighted by Crippen LogP contribution is -2.47. The number of rotatable bonds is 6. The zero-order valence-electron chi connectivity index (χ0n) is 20.4. The maximum atomic E-state index is 14.4. The highest BCUT2D eigenvalue weighted by Crippen LogP contribution is 2.29. The highest BCUT2D eigenvalue weighted by molar-refractivity contribution is 5.98. The van der Waals surface area contributed by atoms with Gasteiger partial charge in [0, 0.05) is 49.5 Å². The van der Waals surface area contributed by atoms with Crippen LogP contribution in [0.4, 0.5) is 26.2 Å². The number of nitrogens with zero attached hydrogens (tertiary/aromatic N) is 4. The number of carbonyl (C=O) groups excluding carboxylic acids is 1. The van der Waals surface area contributed by atoms with Crippen molar-refractivity contribution in [2.45, 2.75) is 13.3 Å². The third-order valence-corrected chi connectivity index (χ3v) is 6.76. The number of fused-ring (bicyclic) bond motifs is 1. The van der Waals surface area contributed by atoms with Gasteiger partial charge in [-0.25, -0.2) is 9.18 Å². The lowest BCUT2D eigenvalue weighted by atomic mass is 10.1. The first-order valence-electron chi connectivity index (χ1n) is 12.3. The summed E-state index contributed by atoms with van der Waals surface area (Å²) in [6.07, 6.45) is 0.829. The van der Waals surface area contributed by atoms with Crippen molar-refractivity contribution in [3.63, 3.8) is 0 Å². The van der Waals surface area contributed by atoms with Crippen LogP contribution in [-0.2, 0) is 6.42 Å². The molecule has 0 radical (unpaired) electrons. The van der Waals surface area contributed by atoms with Crippen LogP contribution in [0.15, 0.2) is 78.9 Å². The quantitative estimate of drug-likeness (QED) is 0.406. The van der Waals surface area contributed by atoms with Crippen LogP contribution >= 0.6 is 0 Å². The summed E-state index contributed by atoms with van der Waals surface area (Å²) in [5, 5.41) is 1.20. The molecule has 0 bridgehead atoms. The van der Waals surface area contributed by atoms with Gasteiger partial charge in [-0.2, -0.15) is 0 Å². The lowest BCUT2D eigenvalue weighted by Gasteiger charge is -2.36. The number of benzene rings is 3. The minimum Gasteiger partial charge on any atom is -0.368 e. The molecule has 184 valence electrons. The third-order valence-electron chi connectivity index (χ3n) is 6.76. The molecule has 0 saturated carbocycles. The molecule has 1 aliphatic heterocycles. The van der Waals surface area contributed by atoms with E-state index in [1.807, 2.05) is 25.1 Å². The van der Waals surface area contributed by atoms with Gasteiger partial charge in [-0.15, -0.1) is 0 Å². The van der Waals surface area contributed by atoms with Crippen molar-refractivity contribution in [3.05, 3.63) is 95.9 Å². The van der Waals surface area contributed by atoms with Gasteiger partial charge >= 0.3 is 6.03 Å². The molecule has 2 N–H and O–H groups in total. The molecule has 6 nitrogen and oxygen atoms in total. The van der Waals surface area contributed by atoms with Crippen molar-refractivity contribution in [1.82, 2.24) is 9.88 Å². The summed E-state index contributed by atoms with van der Waals surface area (Å²) in [4.78, 5) is 23.0. The van der Waals surface area contributed by atoms with Crippen LogP contribution in [0.1, 0.15) is 11.3 Å². The van der Waals surface area contributed by atoms with E-state index in [0.29, 0.717) is 5.69 Å². The minimum atomic E-state index is -0.716. The molecule has 3 aromatic carbocycles. The molecule has 0 unspecified atom stereocenters. The van der Waals surface area contributed by atoms with Crippen molar-refractivity contribution in [1.29, 1.82) is 0 Å². The maximum Gasteiger partial charge on any atom is 0.323 e. The van der Waals surface area contributed by atoms with Gasteiger partial charge in [0.15, 0.2) is 0 Å². The molecule has 1 fully saturated rings. The molecule has 2 amide bonds. The Kier molecular flexibility index (Phi) is 6.82. The summed E-state index contributed by atoms with van der Waals surface area (Å²) in [5.41, 5.74) is 10.7. The van der Waals surface area contributed by atoms with Gasteiger partial charge in [0.1, 0.15) is 5.82 Å². The molecule has 2 heterocycles. The number of amides is 2. The highest BCUT2D eigenvalue weighted by Gasteiger charge is 2.20. The number of piperazine rings is 1. The van der Waals surface area contributed by atoms with E-state index in [1.54, 1.807) is 24.3 Å². The first kappa shape index (κ1) is 23.8. The number of aromatic nitrogens is 1. The number of halogens is 1. The Bertz CT molecular complexity index is 1380. The van der Waals surface area contributed by atoms with Gasteiger partial charge in [0.2, 0.25) is 0 Å².